The van der Waals surface area contributed by atoms with E-state index in [1.807, 2.05) is 97.1 Å². The Morgan fingerprint density at radius 3 is 1.69 bits per heavy atom. The number of primary amides is 1. The van der Waals surface area contributed by atoms with Crippen molar-refractivity contribution >= 4 is 11.8 Å². The number of carbonyl (C=O) groups is 2. The Kier molecular flexibility index (Phi) is 7.04. The molecule has 0 aromatic heterocycles. The summed E-state index contributed by atoms with van der Waals surface area (Å²) in [6.45, 7) is 0. The Balaban J connectivity index is 1.83. The molecule has 0 bridgehead atoms. The lowest BCUT2D eigenvalue weighted by Gasteiger charge is -2.35. The van der Waals surface area contributed by atoms with Gasteiger partial charge in [-0.15, -0.1) is 0 Å². The monoisotopic (exact) mass is 459 g/mol. The molecule has 172 valence electrons. The molecule has 4 aromatic rings. The Bertz CT molecular complexity index is 1250. The molecule has 0 aliphatic rings. The first-order chi connectivity index (χ1) is 17.1. The molecule has 35 heavy (non-hydrogen) atoms. The van der Waals surface area contributed by atoms with Gasteiger partial charge in [-0.1, -0.05) is 103 Å². The van der Waals surface area contributed by atoms with Gasteiger partial charge in [0, 0.05) is 6.42 Å². The highest BCUT2D eigenvalue weighted by molar-refractivity contribution is 5.98. The number of hydrogen-bond acceptors (Lipinski definition) is 3. The topological polar surface area (TPSA) is 96.0 Å². The van der Waals surface area contributed by atoms with Crippen molar-refractivity contribution in [1.29, 1.82) is 5.26 Å². The van der Waals surface area contributed by atoms with E-state index in [-0.39, 0.29) is 12.3 Å². The first-order valence-corrected chi connectivity index (χ1v) is 11.3. The predicted molar refractivity (Wildman–Crippen MR) is 135 cm³/mol. The van der Waals surface area contributed by atoms with Crippen molar-refractivity contribution < 1.29 is 9.59 Å². The molecule has 4 aromatic carbocycles. The quantitative estimate of drug-likeness (QED) is 0.388. The van der Waals surface area contributed by atoms with E-state index >= 15 is 0 Å². The van der Waals surface area contributed by atoms with Gasteiger partial charge in [0.25, 0.3) is 0 Å². The minimum absolute atomic E-state index is 0.172. The zero-order chi connectivity index (χ0) is 24.7. The number of nitrogens with one attached hydrogen (secondary N) is 1. The van der Waals surface area contributed by atoms with E-state index in [9.17, 15) is 14.9 Å². The molecule has 2 amide bonds. The van der Waals surface area contributed by atoms with Gasteiger partial charge in [0.05, 0.1) is 11.6 Å². The second-order valence-electron chi connectivity index (χ2n) is 8.29. The fourth-order valence-corrected chi connectivity index (χ4v) is 4.45. The Hall–Kier alpha value is -4.69. The van der Waals surface area contributed by atoms with Gasteiger partial charge >= 0.3 is 0 Å². The Labute approximate surface area is 204 Å². The van der Waals surface area contributed by atoms with Gasteiger partial charge in [0.1, 0.15) is 11.5 Å². The number of nitriles is 1. The predicted octanol–water partition coefficient (Wildman–Crippen LogP) is 4.11. The van der Waals surface area contributed by atoms with Crippen LogP contribution in [0.1, 0.15) is 27.8 Å². The molecule has 0 aliphatic carbocycles. The number of rotatable bonds is 8. The van der Waals surface area contributed by atoms with E-state index in [1.54, 1.807) is 18.2 Å². The molecular formula is C30H25N3O2. The largest absolute Gasteiger partial charge is 0.368 e. The second kappa shape index (κ2) is 10.5. The van der Waals surface area contributed by atoms with Gasteiger partial charge in [-0.2, -0.15) is 5.26 Å². The van der Waals surface area contributed by atoms with Crippen LogP contribution in [0.5, 0.6) is 0 Å². The minimum atomic E-state index is -1.22. The smallest absolute Gasteiger partial charge is 0.240 e. The number of nitrogens with two attached hydrogens (primary N) is 1. The van der Waals surface area contributed by atoms with Crippen LogP contribution in [-0.2, 0) is 21.4 Å². The van der Waals surface area contributed by atoms with Crippen LogP contribution in [0.15, 0.2) is 115 Å². The molecular weight excluding hydrogens is 434 g/mol. The fourth-order valence-electron chi connectivity index (χ4n) is 4.45. The van der Waals surface area contributed by atoms with Gasteiger partial charge in [0.2, 0.25) is 11.8 Å². The number of hydrogen-bond donors (Lipinski definition) is 2. The third-order valence-electron chi connectivity index (χ3n) is 6.11. The first kappa shape index (κ1) is 23.5. The Morgan fingerprint density at radius 2 is 1.26 bits per heavy atom. The van der Waals surface area contributed by atoms with Crippen LogP contribution in [0, 0.1) is 11.3 Å². The highest BCUT2D eigenvalue weighted by atomic mass is 16.2. The lowest BCUT2D eigenvalue weighted by atomic mass is 9.68. The molecule has 5 heteroatoms. The summed E-state index contributed by atoms with van der Waals surface area (Å²) in [5.41, 5.74) is 8.04. The number of carbonyl (C=O) groups excluding carboxylic acids is 2. The molecule has 0 saturated carbocycles. The summed E-state index contributed by atoms with van der Waals surface area (Å²) in [5, 5.41) is 12.2. The lowest BCUT2D eigenvalue weighted by molar-refractivity contribution is -0.129. The third kappa shape index (κ3) is 4.83. The van der Waals surface area contributed by atoms with Gasteiger partial charge in [-0.05, 0) is 34.4 Å². The van der Waals surface area contributed by atoms with E-state index in [0.29, 0.717) is 5.56 Å². The summed E-state index contributed by atoms with van der Waals surface area (Å²) in [6.07, 6.45) is 0.172. The van der Waals surface area contributed by atoms with Crippen molar-refractivity contribution in [1.82, 2.24) is 5.32 Å². The average molecular weight is 460 g/mol. The molecule has 0 heterocycles. The molecule has 0 fully saturated rings. The standard InChI is InChI=1S/C30H25N3O2/c31-21-23-12-10-11-22(19-23)20-27(28(32)34)33-29(35)30(24-13-4-1-5-14-24,25-15-6-2-7-16-25)26-17-8-3-9-18-26/h1-19,27H,20H2,(H2,32,34)(H,33,35)/t27-/m1/s1. The molecule has 0 spiro atoms. The van der Waals surface area contributed by atoms with Crippen molar-refractivity contribution in [3.8, 4) is 6.07 Å². The van der Waals surface area contributed by atoms with Crippen LogP contribution in [0.4, 0.5) is 0 Å². The summed E-state index contributed by atoms with van der Waals surface area (Å²) in [5.74, 6) is -1.01. The summed E-state index contributed by atoms with van der Waals surface area (Å²) < 4.78 is 0. The zero-order valence-electron chi connectivity index (χ0n) is 19.1. The van der Waals surface area contributed by atoms with Crippen molar-refractivity contribution in [2.45, 2.75) is 17.9 Å². The van der Waals surface area contributed by atoms with Gasteiger partial charge in [0.15, 0.2) is 0 Å². The maximum Gasteiger partial charge on any atom is 0.240 e. The van der Waals surface area contributed by atoms with Gasteiger partial charge in [-0.25, -0.2) is 0 Å². The van der Waals surface area contributed by atoms with Gasteiger partial charge in [-0.3, -0.25) is 9.59 Å². The van der Waals surface area contributed by atoms with E-state index in [4.69, 9.17) is 5.73 Å². The molecule has 3 N–H and O–H groups in total. The second-order valence-corrected chi connectivity index (χ2v) is 8.29. The van der Waals surface area contributed by atoms with Crippen LogP contribution in [0.2, 0.25) is 0 Å². The van der Waals surface area contributed by atoms with Crippen molar-refractivity contribution in [3.05, 3.63) is 143 Å². The summed E-state index contributed by atoms with van der Waals surface area (Å²) >= 11 is 0. The fraction of sp³-hybridized carbons (Fsp3) is 0.100. The SMILES string of the molecule is N#Cc1cccc(C[C@@H](NC(=O)C(c2ccccc2)(c2ccccc2)c2ccccc2)C(N)=O)c1. The average Bonchev–Trinajstić information content (AvgIpc) is 2.91. The van der Waals surface area contributed by atoms with E-state index in [1.165, 1.54) is 0 Å². The van der Waals surface area contributed by atoms with Crippen molar-refractivity contribution in [2.75, 3.05) is 0 Å². The first-order valence-electron chi connectivity index (χ1n) is 11.3. The van der Waals surface area contributed by atoms with E-state index < -0.39 is 17.4 Å². The van der Waals surface area contributed by atoms with Crippen LogP contribution in [0.25, 0.3) is 0 Å². The van der Waals surface area contributed by atoms with Crippen LogP contribution < -0.4 is 11.1 Å². The van der Waals surface area contributed by atoms with Gasteiger partial charge < -0.3 is 11.1 Å². The van der Waals surface area contributed by atoms with E-state index in [0.717, 1.165) is 22.3 Å². The number of nitrogens with zero attached hydrogens (tertiary/aromatic N) is 1. The zero-order valence-corrected chi connectivity index (χ0v) is 19.1. The maximum absolute atomic E-state index is 14.3. The Morgan fingerprint density at radius 1 is 0.771 bits per heavy atom. The summed E-state index contributed by atoms with van der Waals surface area (Å²) in [7, 11) is 0. The molecule has 0 aliphatic heterocycles. The molecule has 5 nitrogen and oxygen atoms in total. The number of benzene rings is 4. The van der Waals surface area contributed by atoms with E-state index in [2.05, 4.69) is 11.4 Å². The van der Waals surface area contributed by atoms with Crippen LogP contribution >= 0.6 is 0 Å². The van der Waals surface area contributed by atoms with Crippen LogP contribution in [-0.4, -0.2) is 17.9 Å². The molecule has 1 atom stereocenters. The highest BCUT2D eigenvalue weighted by Gasteiger charge is 2.44. The maximum atomic E-state index is 14.3. The van der Waals surface area contributed by atoms with Crippen molar-refractivity contribution in [3.63, 3.8) is 0 Å². The normalized spacial score (nSPS) is 11.7. The molecule has 4 rings (SSSR count). The molecule has 0 unspecified atom stereocenters. The van der Waals surface area contributed by atoms with Crippen molar-refractivity contribution in [2.24, 2.45) is 5.73 Å². The summed E-state index contributed by atoms with van der Waals surface area (Å²) in [4.78, 5) is 26.8. The molecule has 0 saturated heterocycles. The third-order valence-corrected chi connectivity index (χ3v) is 6.11. The van der Waals surface area contributed by atoms with Crippen LogP contribution in [0.3, 0.4) is 0 Å². The minimum Gasteiger partial charge on any atom is -0.368 e. The lowest BCUT2D eigenvalue weighted by Crippen LogP contribution is -2.54. The number of amides is 2. The molecule has 0 radical (unpaired) electrons. The summed E-state index contributed by atoms with van der Waals surface area (Å²) in [6, 6.07) is 36.6. The highest BCUT2D eigenvalue weighted by Crippen LogP contribution is 2.39.